The van der Waals surface area contributed by atoms with Crippen molar-refractivity contribution in [2.75, 3.05) is 6.54 Å². The van der Waals surface area contributed by atoms with E-state index in [9.17, 15) is 4.79 Å². The first-order chi connectivity index (χ1) is 9.33. The van der Waals surface area contributed by atoms with E-state index in [0.29, 0.717) is 11.1 Å². The first-order valence-corrected chi connectivity index (χ1v) is 6.41. The van der Waals surface area contributed by atoms with E-state index in [-0.39, 0.29) is 5.78 Å². The first kappa shape index (κ1) is 13.1. The molecule has 2 aromatic carbocycles. The number of ketones is 1. The Morgan fingerprint density at radius 2 is 1.47 bits per heavy atom. The van der Waals surface area contributed by atoms with Crippen molar-refractivity contribution >= 4 is 11.4 Å². The highest BCUT2D eigenvalue weighted by atomic mass is 16.1. The van der Waals surface area contributed by atoms with Crippen LogP contribution in [-0.2, 0) is 0 Å². The molecule has 0 atom stereocenters. The minimum absolute atomic E-state index is 0.0350. The van der Waals surface area contributed by atoms with Gasteiger partial charge in [-0.05, 0) is 12.5 Å². The van der Waals surface area contributed by atoms with Gasteiger partial charge in [-0.15, -0.1) is 0 Å². The number of benzene rings is 2. The molecule has 0 aliphatic heterocycles. The van der Waals surface area contributed by atoms with E-state index in [4.69, 9.17) is 0 Å². The van der Waals surface area contributed by atoms with Gasteiger partial charge in [0.05, 0.1) is 0 Å². The monoisotopic (exact) mass is 251 g/mol. The molecule has 0 amide bonds. The van der Waals surface area contributed by atoms with Crippen LogP contribution in [0.1, 0.15) is 22.8 Å². The Morgan fingerprint density at radius 3 is 2.00 bits per heavy atom. The number of nitrogens with one attached hydrogen (secondary N) is 1. The van der Waals surface area contributed by atoms with Gasteiger partial charge in [0.25, 0.3) is 0 Å². The zero-order valence-corrected chi connectivity index (χ0v) is 11.0. The molecule has 0 bridgehead atoms. The Morgan fingerprint density at radius 1 is 0.947 bits per heavy atom. The SMILES string of the molecule is CCN/C=C(\C(=O)c1ccccc1)c1ccccc1. The summed E-state index contributed by atoms with van der Waals surface area (Å²) in [4.78, 5) is 12.5. The third-order valence-electron chi connectivity index (χ3n) is 2.82. The molecule has 0 saturated carbocycles. The van der Waals surface area contributed by atoms with Crippen molar-refractivity contribution < 1.29 is 4.79 Å². The Labute approximate surface area is 113 Å². The average molecular weight is 251 g/mol. The van der Waals surface area contributed by atoms with Crippen LogP contribution < -0.4 is 5.32 Å². The molecule has 0 aromatic heterocycles. The molecule has 96 valence electrons. The lowest BCUT2D eigenvalue weighted by Crippen LogP contribution is -2.09. The topological polar surface area (TPSA) is 29.1 Å². The lowest BCUT2D eigenvalue weighted by molar-refractivity contribution is 0.105. The van der Waals surface area contributed by atoms with E-state index in [1.807, 2.05) is 67.6 Å². The highest BCUT2D eigenvalue weighted by Gasteiger charge is 2.13. The molecule has 0 spiro atoms. The van der Waals surface area contributed by atoms with E-state index in [1.54, 1.807) is 6.20 Å². The van der Waals surface area contributed by atoms with Gasteiger partial charge in [-0.3, -0.25) is 4.79 Å². The van der Waals surface area contributed by atoms with Gasteiger partial charge in [0, 0.05) is 23.9 Å². The van der Waals surface area contributed by atoms with E-state index >= 15 is 0 Å². The summed E-state index contributed by atoms with van der Waals surface area (Å²) < 4.78 is 0. The fourth-order valence-corrected chi connectivity index (χ4v) is 1.85. The molecule has 19 heavy (non-hydrogen) atoms. The third kappa shape index (κ3) is 3.32. The molecule has 2 rings (SSSR count). The van der Waals surface area contributed by atoms with Crippen LogP contribution in [0.3, 0.4) is 0 Å². The molecule has 1 N–H and O–H groups in total. The fourth-order valence-electron chi connectivity index (χ4n) is 1.85. The molecular weight excluding hydrogens is 234 g/mol. The minimum Gasteiger partial charge on any atom is -0.391 e. The van der Waals surface area contributed by atoms with Crippen LogP contribution in [0.4, 0.5) is 0 Å². The van der Waals surface area contributed by atoms with Crippen molar-refractivity contribution in [3.63, 3.8) is 0 Å². The van der Waals surface area contributed by atoms with Crippen LogP contribution in [-0.4, -0.2) is 12.3 Å². The number of Topliss-reactive ketones (excluding diaryl/α,β-unsaturated/α-hetero) is 1. The van der Waals surface area contributed by atoms with E-state index < -0.39 is 0 Å². The van der Waals surface area contributed by atoms with Gasteiger partial charge in [0.1, 0.15) is 0 Å². The van der Waals surface area contributed by atoms with Crippen molar-refractivity contribution in [2.24, 2.45) is 0 Å². The van der Waals surface area contributed by atoms with Crippen LogP contribution in [0.25, 0.3) is 5.57 Å². The molecule has 0 aliphatic carbocycles. The zero-order valence-electron chi connectivity index (χ0n) is 11.0. The Hall–Kier alpha value is -2.35. The highest BCUT2D eigenvalue weighted by Crippen LogP contribution is 2.19. The Kier molecular flexibility index (Phi) is 4.51. The van der Waals surface area contributed by atoms with Crippen LogP contribution in [0.2, 0.25) is 0 Å². The highest BCUT2D eigenvalue weighted by molar-refractivity contribution is 6.28. The molecule has 0 saturated heterocycles. The summed E-state index contributed by atoms with van der Waals surface area (Å²) in [6, 6.07) is 19.1. The standard InChI is InChI=1S/C17H17NO/c1-2-18-13-16(14-9-5-3-6-10-14)17(19)15-11-7-4-8-12-15/h3-13,18H,2H2,1H3/b16-13-. The summed E-state index contributed by atoms with van der Waals surface area (Å²) in [7, 11) is 0. The van der Waals surface area contributed by atoms with Gasteiger partial charge in [0.15, 0.2) is 5.78 Å². The largest absolute Gasteiger partial charge is 0.391 e. The van der Waals surface area contributed by atoms with Gasteiger partial charge >= 0.3 is 0 Å². The number of carbonyl (C=O) groups is 1. The molecule has 0 radical (unpaired) electrons. The molecular formula is C17H17NO. The van der Waals surface area contributed by atoms with Crippen LogP contribution in [0.5, 0.6) is 0 Å². The number of carbonyl (C=O) groups excluding carboxylic acids is 1. The molecule has 0 fully saturated rings. The molecule has 0 heterocycles. The van der Waals surface area contributed by atoms with Crippen molar-refractivity contribution in [1.82, 2.24) is 5.32 Å². The second-order valence-electron chi connectivity index (χ2n) is 4.18. The second kappa shape index (κ2) is 6.55. The molecule has 0 unspecified atom stereocenters. The maximum Gasteiger partial charge on any atom is 0.195 e. The number of hydrogen-bond acceptors (Lipinski definition) is 2. The van der Waals surface area contributed by atoms with Crippen molar-refractivity contribution in [2.45, 2.75) is 6.92 Å². The predicted octanol–water partition coefficient (Wildman–Crippen LogP) is 3.52. The van der Waals surface area contributed by atoms with E-state index in [1.165, 1.54) is 0 Å². The number of allylic oxidation sites excluding steroid dienone is 1. The molecule has 2 nitrogen and oxygen atoms in total. The van der Waals surface area contributed by atoms with Gasteiger partial charge in [-0.2, -0.15) is 0 Å². The van der Waals surface area contributed by atoms with Crippen LogP contribution in [0.15, 0.2) is 66.9 Å². The molecule has 2 aromatic rings. The summed E-state index contributed by atoms with van der Waals surface area (Å²) in [5.41, 5.74) is 2.32. The summed E-state index contributed by atoms with van der Waals surface area (Å²) >= 11 is 0. The lowest BCUT2D eigenvalue weighted by Gasteiger charge is -2.08. The normalized spacial score (nSPS) is 11.1. The van der Waals surface area contributed by atoms with E-state index in [2.05, 4.69) is 5.32 Å². The smallest absolute Gasteiger partial charge is 0.195 e. The summed E-state index contributed by atoms with van der Waals surface area (Å²) in [5.74, 6) is 0.0350. The first-order valence-electron chi connectivity index (χ1n) is 6.41. The Bertz CT molecular complexity index is 558. The van der Waals surface area contributed by atoms with Gasteiger partial charge in [0.2, 0.25) is 0 Å². The maximum absolute atomic E-state index is 12.5. The van der Waals surface area contributed by atoms with Crippen LogP contribution >= 0.6 is 0 Å². The third-order valence-corrected chi connectivity index (χ3v) is 2.82. The van der Waals surface area contributed by atoms with E-state index in [0.717, 1.165) is 12.1 Å². The number of rotatable bonds is 5. The fraction of sp³-hybridized carbons (Fsp3) is 0.118. The van der Waals surface area contributed by atoms with Gasteiger partial charge in [-0.25, -0.2) is 0 Å². The average Bonchev–Trinajstić information content (AvgIpc) is 2.49. The predicted molar refractivity (Wildman–Crippen MR) is 78.9 cm³/mol. The lowest BCUT2D eigenvalue weighted by atomic mass is 9.97. The second-order valence-corrected chi connectivity index (χ2v) is 4.18. The molecule has 2 heteroatoms. The van der Waals surface area contributed by atoms with Crippen molar-refractivity contribution in [3.8, 4) is 0 Å². The van der Waals surface area contributed by atoms with Crippen LogP contribution in [0, 0.1) is 0 Å². The van der Waals surface area contributed by atoms with Crippen molar-refractivity contribution in [1.29, 1.82) is 0 Å². The van der Waals surface area contributed by atoms with Gasteiger partial charge in [-0.1, -0.05) is 60.7 Å². The molecule has 0 aliphatic rings. The Balaban J connectivity index is 2.37. The number of hydrogen-bond donors (Lipinski definition) is 1. The zero-order chi connectivity index (χ0) is 13.5. The summed E-state index contributed by atoms with van der Waals surface area (Å²) in [6.45, 7) is 2.80. The van der Waals surface area contributed by atoms with Crippen molar-refractivity contribution in [3.05, 3.63) is 78.0 Å². The summed E-state index contributed by atoms with van der Waals surface area (Å²) in [6.07, 6.45) is 1.80. The quantitative estimate of drug-likeness (QED) is 0.650. The minimum atomic E-state index is 0.0350. The maximum atomic E-state index is 12.5. The van der Waals surface area contributed by atoms with Gasteiger partial charge < -0.3 is 5.32 Å². The summed E-state index contributed by atoms with van der Waals surface area (Å²) in [5, 5.41) is 3.11.